The van der Waals surface area contributed by atoms with E-state index in [2.05, 4.69) is 17.2 Å². The van der Waals surface area contributed by atoms with E-state index < -0.39 is 0 Å². The van der Waals surface area contributed by atoms with Gasteiger partial charge in [0.15, 0.2) is 0 Å². The van der Waals surface area contributed by atoms with E-state index in [-0.39, 0.29) is 5.91 Å². The van der Waals surface area contributed by atoms with Gasteiger partial charge in [-0.25, -0.2) is 4.98 Å². The minimum atomic E-state index is -0.196. The number of nitrogens with one attached hydrogen (secondary N) is 1. The van der Waals surface area contributed by atoms with E-state index >= 15 is 0 Å². The zero-order valence-corrected chi connectivity index (χ0v) is 10.9. The number of aromatic nitrogens is 1. The van der Waals surface area contributed by atoms with E-state index in [0.29, 0.717) is 12.3 Å². The normalized spacial score (nSPS) is 10.1. The lowest BCUT2D eigenvalue weighted by Crippen LogP contribution is -2.11. The first kappa shape index (κ1) is 12.6. The highest BCUT2D eigenvalue weighted by Gasteiger charge is 2.07. The van der Waals surface area contributed by atoms with Crippen molar-refractivity contribution in [2.45, 2.75) is 13.3 Å². The summed E-state index contributed by atoms with van der Waals surface area (Å²) in [6, 6.07) is 7.31. The maximum Gasteiger partial charge on any atom is 0.275 e. The first-order valence-corrected chi connectivity index (χ1v) is 6.66. The highest BCUT2D eigenvalue weighted by atomic mass is 32.1. The third kappa shape index (κ3) is 3.30. The molecule has 1 aromatic carbocycles. The summed E-state index contributed by atoms with van der Waals surface area (Å²) < 4.78 is 5.46. The van der Waals surface area contributed by atoms with Crippen molar-refractivity contribution in [3.63, 3.8) is 0 Å². The molecule has 2 rings (SSSR count). The van der Waals surface area contributed by atoms with Crippen LogP contribution in [0.4, 0.5) is 5.69 Å². The number of nitrogens with zero attached hydrogens (tertiary/aromatic N) is 1. The summed E-state index contributed by atoms with van der Waals surface area (Å²) in [4.78, 5) is 15.7. The summed E-state index contributed by atoms with van der Waals surface area (Å²) in [6.07, 6.45) is 0.975. The molecule has 0 saturated carbocycles. The van der Waals surface area contributed by atoms with Crippen LogP contribution >= 0.6 is 11.3 Å². The van der Waals surface area contributed by atoms with Gasteiger partial charge in [-0.1, -0.05) is 6.92 Å². The second-order valence-corrected chi connectivity index (χ2v) is 4.42. The number of hydrogen-bond donors (Lipinski definition) is 1. The number of anilines is 1. The fraction of sp³-hybridized carbons (Fsp3) is 0.231. The first-order valence-electron chi connectivity index (χ1n) is 5.72. The van der Waals surface area contributed by atoms with E-state index in [4.69, 9.17) is 4.74 Å². The Bertz CT molecular complexity index is 494. The van der Waals surface area contributed by atoms with Crippen LogP contribution in [0.2, 0.25) is 0 Å². The van der Waals surface area contributed by atoms with Gasteiger partial charge in [0.25, 0.3) is 5.91 Å². The summed E-state index contributed by atoms with van der Waals surface area (Å²) in [7, 11) is 0. The predicted molar refractivity (Wildman–Crippen MR) is 72.3 cm³/mol. The maximum atomic E-state index is 11.7. The van der Waals surface area contributed by atoms with Crippen LogP contribution in [0.25, 0.3) is 0 Å². The third-order valence-electron chi connectivity index (χ3n) is 2.25. The van der Waals surface area contributed by atoms with Crippen LogP contribution in [-0.4, -0.2) is 17.5 Å². The molecule has 0 atom stereocenters. The largest absolute Gasteiger partial charge is 0.494 e. The van der Waals surface area contributed by atoms with E-state index in [0.717, 1.165) is 17.9 Å². The molecule has 1 heterocycles. The van der Waals surface area contributed by atoms with E-state index in [1.807, 2.05) is 24.3 Å². The minimum Gasteiger partial charge on any atom is -0.494 e. The maximum absolute atomic E-state index is 11.7. The molecule has 1 amide bonds. The molecule has 0 aliphatic carbocycles. The fourth-order valence-electron chi connectivity index (χ4n) is 1.37. The Kier molecular flexibility index (Phi) is 4.30. The lowest BCUT2D eigenvalue weighted by Gasteiger charge is -2.06. The summed E-state index contributed by atoms with van der Waals surface area (Å²) in [5.74, 6) is 0.613. The molecular formula is C13H14N2O2S. The highest BCUT2D eigenvalue weighted by molar-refractivity contribution is 7.07. The topological polar surface area (TPSA) is 51.2 Å². The van der Waals surface area contributed by atoms with Gasteiger partial charge in [-0.15, -0.1) is 11.3 Å². The van der Waals surface area contributed by atoms with Gasteiger partial charge in [0.05, 0.1) is 12.1 Å². The third-order valence-corrected chi connectivity index (χ3v) is 2.84. The number of thiazole rings is 1. The van der Waals surface area contributed by atoms with Crippen LogP contribution in [0, 0.1) is 0 Å². The van der Waals surface area contributed by atoms with Gasteiger partial charge in [0.1, 0.15) is 11.4 Å². The molecule has 0 aliphatic rings. The number of rotatable bonds is 5. The Labute approximate surface area is 110 Å². The molecule has 1 N–H and O–H groups in total. The van der Waals surface area contributed by atoms with Gasteiger partial charge >= 0.3 is 0 Å². The molecular weight excluding hydrogens is 248 g/mol. The van der Waals surface area contributed by atoms with Crippen molar-refractivity contribution in [3.05, 3.63) is 40.8 Å². The summed E-state index contributed by atoms with van der Waals surface area (Å²) in [6.45, 7) is 2.76. The molecule has 0 radical (unpaired) electrons. The molecule has 4 nitrogen and oxygen atoms in total. The molecule has 0 fully saturated rings. The van der Waals surface area contributed by atoms with Gasteiger partial charge in [-0.3, -0.25) is 4.79 Å². The van der Waals surface area contributed by atoms with Gasteiger partial charge < -0.3 is 10.1 Å². The number of carbonyl (C=O) groups excluding carboxylic acids is 1. The second kappa shape index (κ2) is 6.16. The zero-order valence-electron chi connectivity index (χ0n) is 10.1. The van der Waals surface area contributed by atoms with Crippen LogP contribution in [0.15, 0.2) is 35.2 Å². The molecule has 2 aromatic rings. The van der Waals surface area contributed by atoms with E-state index in [1.165, 1.54) is 11.3 Å². The number of benzene rings is 1. The Balaban J connectivity index is 1.96. The second-order valence-electron chi connectivity index (χ2n) is 3.70. The Hall–Kier alpha value is -1.88. The fourth-order valence-corrected chi connectivity index (χ4v) is 1.91. The lowest BCUT2D eigenvalue weighted by atomic mass is 10.3. The number of amides is 1. The molecule has 0 saturated heterocycles. The molecule has 0 aliphatic heterocycles. The van der Waals surface area contributed by atoms with Gasteiger partial charge in [0, 0.05) is 11.1 Å². The molecule has 0 spiro atoms. The Morgan fingerprint density at radius 3 is 2.78 bits per heavy atom. The van der Waals surface area contributed by atoms with Crippen molar-refractivity contribution in [3.8, 4) is 5.75 Å². The number of hydrogen-bond acceptors (Lipinski definition) is 4. The minimum absolute atomic E-state index is 0.196. The van der Waals surface area contributed by atoms with Crippen molar-refractivity contribution < 1.29 is 9.53 Å². The Morgan fingerprint density at radius 2 is 2.17 bits per heavy atom. The van der Waals surface area contributed by atoms with Gasteiger partial charge in [-0.05, 0) is 30.7 Å². The quantitative estimate of drug-likeness (QED) is 0.900. The van der Waals surface area contributed by atoms with Crippen LogP contribution in [0.5, 0.6) is 5.75 Å². The smallest absolute Gasteiger partial charge is 0.275 e. The molecule has 18 heavy (non-hydrogen) atoms. The van der Waals surface area contributed by atoms with Crippen molar-refractivity contribution in [2.75, 3.05) is 11.9 Å². The van der Waals surface area contributed by atoms with Crippen LogP contribution in [0.1, 0.15) is 23.8 Å². The van der Waals surface area contributed by atoms with Gasteiger partial charge in [-0.2, -0.15) is 0 Å². The lowest BCUT2D eigenvalue weighted by molar-refractivity contribution is 0.102. The highest BCUT2D eigenvalue weighted by Crippen LogP contribution is 2.16. The Morgan fingerprint density at radius 1 is 1.39 bits per heavy atom. The van der Waals surface area contributed by atoms with E-state index in [1.54, 1.807) is 10.9 Å². The van der Waals surface area contributed by atoms with Crippen LogP contribution in [-0.2, 0) is 0 Å². The van der Waals surface area contributed by atoms with Crippen LogP contribution < -0.4 is 10.1 Å². The summed E-state index contributed by atoms with van der Waals surface area (Å²) in [5, 5.41) is 4.49. The van der Waals surface area contributed by atoms with Crippen molar-refractivity contribution in [1.82, 2.24) is 4.98 Å². The number of ether oxygens (including phenoxy) is 1. The predicted octanol–water partition coefficient (Wildman–Crippen LogP) is 3.18. The average Bonchev–Trinajstić information content (AvgIpc) is 2.92. The standard InChI is InChI=1S/C13H14N2O2S/c1-2-7-17-11-5-3-10(4-6-11)15-13(16)12-8-18-9-14-12/h3-6,8-9H,2,7H2,1H3,(H,15,16). The molecule has 94 valence electrons. The molecule has 0 bridgehead atoms. The summed E-state index contributed by atoms with van der Waals surface area (Å²) >= 11 is 1.40. The number of carbonyl (C=O) groups is 1. The first-order chi connectivity index (χ1) is 8.79. The molecule has 0 unspecified atom stereocenters. The SMILES string of the molecule is CCCOc1ccc(NC(=O)c2cscn2)cc1. The van der Waals surface area contributed by atoms with Crippen molar-refractivity contribution in [2.24, 2.45) is 0 Å². The molecule has 1 aromatic heterocycles. The molecule has 5 heteroatoms. The summed E-state index contributed by atoms with van der Waals surface area (Å²) in [5.41, 5.74) is 2.81. The van der Waals surface area contributed by atoms with Crippen molar-refractivity contribution in [1.29, 1.82) is 0 Å². The van der Waals surface area contributed by atoms with Crippen molar-refractivity contribution >= 4 is 22.9 Å². The zero-order chi connectivity index (χ0) is 12.8. The average molecular weight is 262 g/mol. The van der Waals surface area contributed by atoms with Gasteiger partial charge in [0.2, 0.25) is 0 Å². The monoisotopic (exact) mass is 262 g/mol. The van der Waals surface area contributed by atoms with E-state index in [9.17, 15) is 4.79 Å². The van der Waals surface area contributed by atoms with Crippen LogP contribution in [0.3, 0.4) is 0 Å².